The first-order valence-electron chi connectivity index (χ1n) is 11.1. The Morgan fingerprint density at radius 1 is 1.42 bits per heavy atom. The van der Waals surface area contributed by atoms with Gasteiger partial charge in [0.15, 0.2) is 11.2 Å². The first-order valence-corrected chi connectivity index (χ1v) is 12.6. The van der Waals surface area contributed by atoms with Crippen molar-refractivity contribution in [2.75, 3.05) is 19.5 Å². The molecule has 0 aliphatic heterocycles. The molecule has 2 aromatic heterocycles. The quantitative estimate of drug-likeness (QED) is 0.183. The molecule has 0 radical (unpaired) electrons. The minimum absolute atomic E-state index is 0.0666. The van der Waals surface area contributed by atoms with E-state index in [1.807, 2.05) is 0 Å². The van der Waals surface area contributed by atoms with Gasteiger partial charge in [-0.1, -0.05) is 24.8 Å². The molecular formula is C22H27N6O7P. The molecule has 0 saturated heterocycles. The lowest BCUT2D eigenvalue weighted by molar-refractivity contribution is -0.142. The van der Waals surface area contributed by atoms with Gasteiger partial charge in [-0.15, -0.1) is 0 Å². The number of carbonyl (C=O) groups is 1. The van der Waals surface area contributed by atoms with Crippen molar-refractivity contribution in [3.05, 3.63) is 59.2 Å². The topological polar surface area (TPSA) is 184 Å². The van der Waals surface area contributed by atoms with Gasteiger partial charge in [0.2, 0.25) is 5.95 Å². The largest absolute Gasteiger partial charge is 0.468 e. The second-order valence-corrected chi connectivity index (χ2v) is 10.0. The van der Waals surface area contributed by atoms with Gasteiger partial charge in [-0.3, -0.25) is 19.1 Å². The van der Waals surface area contributed by atoms with Crippen LogP contribution in [0.4, 0.5) is 5.95 Å². The number of fused-ring (bicyclic) bond motifs is 1. The van der Waals surface area contributed by atoms with Crippen molar-refractivity contribution in [2.24, 2.45) is 5.92 Å². The number of anilines is 1. The van der Waals surface area contributed by atoms with E-state index in [1.54, 1.807) is 34.9 Å². The van der Waals surface area contributed by atoms with Gasteiger partial charge in [0.1, 0.15) is 11.8 Å². The molecule has 0 bridgehead atoms. The Morgan fingerprint density at radius 3 is 2.83 bits per heavy atom. The summed E-state index contributed by atoms with van der Waals surface area (Å²) in [5, 5.41) is 13.4. The van der Waals surface area contributed by atoms with Gasteiger partial charge in [-0.25, -0.2) is 9.55 Å². The minimum Gasteiger partial charge on any atom is -0.468 e. The average molecular weight is 518 g/mol. The second kappa shape index (κ2) is 10.2. The third-order valence-electron chi connectivity index (χ3n) is 5.92. The molecule has 3 aromatic rings. The van der Waals surface area contributed by atoms with Crippen LogP contribution in [0.5, 0.6) is 5.75 Å². The van der Waals surface area contributed by atoms with E-state index in [1.165, 1.54) is 20.4 Å². The van der Waals surface area contributed by atoms with Gasteiger partial charge in [-0.05, 0) is 31.1 Å². The van der Waals surface area contributed by atoms with Crippen LogP contribution >= 0.6 is 7.75 Å². The lowest BCUT2D eigenvalue weighted by Gasteiger charge is -2.25. The van der Waals surface area contributed by atoms with Gasteiger partial charge < -0.3 is 24.7 Å². The molecule has 0 spiro atoms. The number of aliphatic hydroxyl groups excluding tert-OH is 1. The van der Waals surface area contributed by atoms with E-state index >= 15 is 0 Å². The number of aliphatic hydroxyl groups is 1. The summed E-state index contributed by atoms with van der Waals surface area (Å²) in [6, 6.07) is 6.85. The summed E-state index contributed by atoms with van der Waals surface area (Å²) >= 11 is 0. The smallest absolute Gasteiger partial charge is 0.459 e. The Morgan fingerprint density at radius 2 is 2.14 bits per heavy atom. The molecule has 1 fully saturated rings. The van der Waals surface area contributed by atoms with E-state index in [0.29, 0.717) is 5.57 Å². The number of rotatable bonds is 9. The standard InChI is InChI=1S/C22H27N6O7P/c1-12-15(17(29)9-16(12)28-11-24-18-19(28)25-22(23)26-20(18)30)10-34-36(32,27-13(2)21(31)33-3)35-14-7-5-4-6-8-14/h4-8,11,13,15-17,29H,1,9-10H2,2-3H3,(H,27,32)(H3,23,25,26,30)/t13-,15-,16-,17-,36-/m0/s1. The first-order chi connectivity index (χ1) is 17.1. The molecule has 1 aliphatic rings. The number of ether oxygens (including phenoxy) is 1. The number of carbonyl (C=O) groups excluding carboxylic acids is 1. The molecule has 0 amide bonds. The lowest BCUT2D eigenvalue weighted by Crippen LogP contribution is -2.35. The van der Waals surface area contributed by atoms with E-state index < -0.39 is 43.4 Å². The van der Waals surface area contributed by atoms with Crippen LogP contribution in [0.15, 0.2) is 53.6 Å². The summed E-state index contributed by atoms with van der Waals surface area (Å²) in [6.45, 7) is 5.33. The van der Waals surface area contributed by atoms with E-state index in [2.05, 4.69) is 26.6 Å². The van der Waals surface area contributed by atoms with E-state index in [-0.39, 0.29) is 35.9 Å². The van der Waals surface area contributed by atoms with E-state index in [4.69, 9.17) is 19.5 Å². The predicted molar refractivity (Wildman–Crippen MR) is 130 cm³/mol. The summed E-state index contributed by atoms with van der Waals surface area (Å²) in [7, 11) is -2.89. The molecule has 5 atom stereocenters. The minimum atomic E-state index is -4.10. The summed E-state index contributed by atoms with van der Waals surface area (Å²) in [4.78, 5) is 34.7. The van der Waals surface area contributed by atoms with Crippen LogP contribution in [-0.4, -0.2) is 56.5 Å². The first kappa shape index (κ1) is 25.6. The van der Waals surface area contributed by atoms with Crippen molar-refractivity contribution in [3.8, 4) is 5.75 Å². The SMILES string of the molecule is C=C1[C@H](CO[P@@](=O)(N[C@@H](C)C(=O)OC)Oc2ccccc2)[C@@H](O)C[C@@H]1n1cnc2c(=O)[nH]c(N)nc21. The fourth-order valence-corrected chi connectivity index (χ4v) is 5.59. The molecule has 192 valence electrons. The predicted octanol–water partition coefficient (Wildman–Crippen LogP) is 1.53. The number of para-hydroxylation sites is 1. The second-order valence-electron chi connectivity index (χ2n) is 8.35. The highest BCUT2D eigenvalue weighted by molar-refractivity contribution is 7.52. The molecule has 0 unspecified atom stereocenters. The molecule has 1 aromatic carbocycles. The molecule has 36 heavy (non-hydrogen) atoms. The van der Waals surface area contributed by atoms with Crippen LogP contribution in [0.3, 0.4) is 0 Å². The van der Waals surface area contributed by atoms with Crippen molar-refractivity contribution in [1.82, 2.24) is 24.6 Å². The fraction of sp³-hybridized carbons (Fsp3) is 0.364. The van der Waals surface area contributed by atoms with Crippen LogP contribution < -0.4 is 20.9 Å². The van der Waals surface area contributed by atoms with Gasteiger partial charge in [0.25, 0.3) is 5.56 Å². The number of nitrogens with one attached hydrogen (secondary N) is 2. The van der Waals surface area contributed by atoms with Crippen LogP contribution in [0.2, 0.25) is 0 Å². The summed E-state index contributed by atoms with van der Waals surface area (Å²) in [6.07, 6.45) is 0.742. The number of hydrogen-bond acceptors (Lipinski definition) is 10. The Hall–Kier alpha value is -3.51. The van der Waals surface area contributed by atoms with Gasteiger partial charge in [0.05, 0.1) is 32.2 Å². The summed E-state index contributed by atoms with van der Waals surface area (Å²) in [5.41, 5.74) is 6.11. The number of nitrogens with two attached hydrogens (primary N) is 1. The maximum Gasteiger partial charge on any atom is 0.459 e. The molecule has 5 N–H and O–H groups in total. The van der Waals surface area contributed by atoms with Crippen molar-refractivity contribution in [3.63, 3.8) is 0 Å². The number of aromatic nitrogens is 4. The van der Waals surface area contributed by atoms with Crippen LogP contribution in [0, 0.1) is 5.92 Å². The van der Waals surface area contributed by atoms with E-state index in [0.717, 1.165) is 0 Å². The molecule has 14 heteroatoms. The average Bonchev–Trinajstić information content (AvgIpc) is 3.37. The fourth-order valence-electron chi connectivity index (χ4n) is 4.08. The Balaban J connectivity index is 1.54. The Kier molecular flexibility index (Phi) is 7.27. The zero-order chi connectivity index (χ0) is 26.0. The van der Waals surface area contributed by atoms with Crippen molar-refractivity contribution in [1.29, 1.82) is 0 Å². The molecular weight excluding hydrogens is 491 g/mol. The summed E-state index contributed by atoms with van der Waals surface area (Å²) in [5.74, 6) is -1.11. The molecule has 4 rings (SSSR count). The zero-order valence-electron chi connectivity index (χ0n) is 19.7. The van der Waals surface area contributed by atoms with Gasteiger partial charge in [-0.2, -0.15) is 10.1 Å². The van der Waals surface area contributed by atoms with Crippen LogP contribution in [-0.2, 0) is 18.6 Å². The number of hydrogen-bond donors (Lipinski definition) is 4. The summed E-state index contributed by atoms with van der Waals surface area (Å²) < 4.78 is 31.2. The normalized spacial score (nSPS) is 22.3. The van der Waals surface area contributed by atoms with Gasteiger partial charge >= 0.3 is 13.7 Å². The zero-order valence-corrected chi connectivity index (χ0v) is 20.6. The third kappa shape index (κ3) is 5.19. The lowest BCUT2D eigenvalue weighted by atomic mass is 10.0. The number of methoxy groups -OCH3 is 1. The number of imidazole rings is 1. The van der Waals surface area contributed by atoms with Crippen LogP contribution in [0.25, 0.3) is 11.2 Å². The van der Waals surface area contributed by atoms with Gasteiger partial charge in [0, 0.05) is 5.92 Å². The Labute approximate surface area is 205 Å². The number of H-pyrrole nitrogens is 1. The maximum absolute atomic E-state index is 13.6. The van der Waals surface area contributed by atoms with E-state index in [9.17, 15) is 19.3 Å². The third-order valence-corrected chi connectivity index (χ3v) is 7.56. The van der Waals surface area contributed by atoms with Crippen LogP contribution in [0.1, 0.15) is 19.4 Å². The molecule has 13 nitrogen and oxygen atoms in total. The monoisotopic (exact) mass is 518 g/mol. The number of benzene rings is 1. The van der Waals surface area contributed by atoms with Crippen molar-refractivity contribution >= 4 is 30.8 Å². The molecule has 1 aliphatic carbocycles. The number of aromatic amines is 1. The number of nitrogen functional groups attached to an aromatic ring is 1. The highest BCUT2D eigenvalue weighted by Crippen LogP contribution is 2.48. The number of esters is 1. The maximum atomic E-state index is 13.6. The van der Waals surface area contributed by atoms with Crippen molar-refractivity contribution in [2.45, 2.75) is 31.5 Å². The highest BCUT2D eigenvalue weighted by Gasteiger charge is 2.41. The molecule has 1 saturated carbocycles. The van der Waals surface area contributed by atoms with Crippen molar-refractivity contribution < 1.29 is 28.3 Å². The number of nitrogens with zero attached hydrogens (tertiary/aromatic N) is 3. The highest BCUT2D eigenvalue weighted by atomic mass is 31.2. The molecule has 2 heterocycles. The Bertz CT molecular complexity index is 1370.